The predicted octanol–water partition coefficient (Wildman–Crippen LogP) is 3.74. The molecular weight excluding hydrogens is 294 g/mol. The van der Waals surface area contributed by atoms with Gasteiger partial charge in [-0.2, -0.15) is 0 Å². The Hall–Kier alpha value is -0.740. The van der Waals surface area contributed by atoms with E-state index >= 15 is 0 Å². The highest BCUT2D eigenvalue weighted by Crippen LogP contribution is 2.36. The van der Waals surface area contributed by atoms with Gasteiger partial charge in [0.25, 0.3) is 0 Å². The van der Waals surface area contributed by atoms with Crippen LogP contribution in [-0.2, 0) is 6.54 Å². The van der Waals surface area contributed by atoms with Gasteiger partial charge in [0.1, 0.15) is 0 Å². The van der Waals surface area contributed by atoms with Crippen LogP contribution in [0.15, 0.2) is 16.6 Å². The molecule has 0 bridgehead atoms. The molecule has 0 aliphatic rings. The zero-order valence-electron chi connectivity index (χ0n) is 11.5. The van der Waals surface area contributed by atoms with Crippen molar-refractivity contribution in [3.63, 3.8) is 0 Å². The van der Waals surface area contributed by atoms with E-state index in [0.717, 1.165) is 34.5 Å². The van der Waals surface area contributed by atoms with Gasteiger partial charge >= 0.3 is 0 Å². The van der Waals surface area contributed by atoms with Gasteiger partial charge in [-0.1, -0.05) is 36.7 Å². The Morgan fingerprint density at radius 3 is 2.61 bits per heavy atom. The van der Waals surface area contributed by atoms with Crippen LogP contribution in [0.2, 0.25) is 0 Å². The second-order valence-electron chi connectivity index (χ2n) is 4.44. The van der Waals surface area contributed by atoms with Gasteiger partial charge in [0, 0.05) is 22.6 Å². The summed E-state index contributed by atoms with van der Waals surface area (Å²) < 4.78 is 12.2. The van der Waals surface area contributed by atoms with E-state index in [2.05, 4.69) is 42.0 Å². The quantitative estimate of drug-likeness (QED) is 0.831. The third kappa shape index (κ3) is 4.18. The Bertz CT molecular complexity index is 380. The van der Waals surface area contributed by atoms with E-state index in [1.165, 1.54) is 0 Å². The van der Waals surface area contributed by atoms with Crippen LogP contribution < -0.4 is 14.8 Å². The van der Waals surface area contributed by atoms with E-state index in [1.807, 2.05) is 12.1 Å². The highest BCUT2D eigenvalue weighted by Gasteiger charge is 2.14. The van der Waals surface area contributed by atoms with Crippen molar-refractivity contribution in [2.45, 2.75) is 39.8 Å². The summed E-state index contributed by atoms with van der Waals surface area (Å²) in [5.74, 6) is 1.62. The van der Waals surface area contributed by atoms with Crippen molar-refractivity contribution in [3.05, 3.63) is 22.2 Å². The molecule has 0 unspecified atom stereocenters. The lowest BCUT2D eigenvalue weighted by atomic mass is 10.1. The lowest BCUT2D eigenvalue weighted by molar-refractivity contribution is 0.290. The van der Waals surface area contributed by atoms with Crippen LogP contribution in [0.5, 0.6) is 11.5 Å². The number of rotatable bonds is 7. The maximum atomic E-state index is 5.83. The topological polar surface area (TPSA) is 30.5 Å². The Morgan fingerprint density at radius 2 is 2.06 bits per heavy atom. The number of benzene rings is 1. The van der Waals surface area contributed by atoms with Crippen LogP contribution in [0, 0.1) is 0 Å². The molecule has 0 saturated carbocycles. The average molecular weight is 316 g/mol. The first-order valence-corrected chi connectivity index (χ1v) is 7.11. The predicted molar refractivity (Wildman–Crippen MR) is 78.5 cm³/mol. The summed E-state index contributed by atoms with van der Waals surface area (Å²) in [7, 11) is 1.67. The van der Waals surface area contributed by atoms with E-state index in [-0.39, 0.29) is 0 Å². The second-order valence-corrected chi connectivity index (χ2v) is 5.30. The molecule has 1 aromatic carbocycles. The molecular formula is C14H22BrNO2. The maximum Gasteiger partial charge on any atom is 0.166 e. The fourth-order valence-corrected chi connectivity index (χ4v) is 2.03. The molecule has 0 radical (unpaired) electrons. The minimum absolute atomic E-state index is 0.433. The zero-order valence-corrected chi connectivity index (χ0v) is 13.1. The number of hydrogen-bond donors (Lipinski definition) is 1. The Balaban J connectivity index is 3.01. The summed E-state index contributed by atoms with van der Waals surface area (Å²) in [5, 5.41) is 3.41. The van der Waals surface area contributed by atoms with Crippen LogP contribution in [-0.4, -0.2) is 19.8 Å². The lowest BCUT2D eigenvalue weighted by Gasteiger charge is -2.17. The van der Waals surface area contributed by atoms with Crippen LogP contribution in [0.25, 0.3) is 0 Å². The SMILES string of the molecule is CCCOc1c(OC)ccc(Br)c1CNC(C)C. The molecule has 1 aromatic rings. The highest BCUT2D eigenvalue weighted by atomic mass is 79.9. The number of methoxy groups -OCH3 is 1. The van der Waals surface area contributed by atoms with Crippen molar-refractivity contribution in [1.82, 2.24) is 5.32 Å². The summed E-state index contributed by atoms with van der Waals surface area (Å²) in [4.78, 5) is 0. The smallest absolute Gasteiger partial charge is 0.166 e. The zero-order chi connectivity index (χ0) is 13.5. The van der Waals surface area contributed by atoms with Crippen LogP contribution >= 0.6 is 15.9 Å². The van der Waals surface area contributed by atoms with Gasteiger partial charge in [-0.05, 0) is 18.6 Å². The largest absolute Gasteiger partial charge is 0.493 e. The molecule has 0 aliphatic heterocycles. The van der Waals surface area contributed by atoms with Crippen molar-refractivity contribution in [2.75, 3.05) is 13.7 Å². The minimum atomic E-state index is 0.433. The molecule has 0 atom stereocenters. The van der Waals surface area contributed by atoms with Crippen molar-refractivity contribution in [1.29, 1.82) is 0 Å². The summed E-state index contributed by atoms with van der Waals surface area (Å²) in [6, 6.07) is 4.35. The number of ether oxygens (including phenoxy) is 2. The maximum absolute atomic E-state index is 5.83. The molecule has 4 heteroatoms. The third-order valence-corrected chi connectivity index (χ3v) is 3.27. The van der Waals surface area contributed by atoms with Gasteiger partial charge in [-0.25, -0.2) is 0 Å². The van der Waals surface area contributed by atoms with E-state index in [1.54, 1.807) is 7.11 Å². The molecule has 18 heavy (non-hydrogen) atoms. The molecule has 3 nitrogen and oxygen atoms in total. The minimum Gasteiger partial charge on any atom is -0.493 e. The fraction of sp³-hybridized carbons (Fsp3) is 0.571. The van der Waals surface area contributed by atoms with Gasteiger partial charge in [-0.3, -0.25) is 0 Å². The highest BCUT2D eigenvalue weighted by molar-refractivity contribution is 9.10. The first-order chi connectivity index (χ1) is 8.60. The summed E-state index contributed by atoms with van der Waals surface area (Å²) in [5.41, 5.74) is 1.11. The lowest BCUT2D eigenvalue weighted by Crippen LogP contribution is -2.22. The Morgan fingerprint density at radius 1 is 1.33 bits per heavy atom. The van der Waals surface area contributed by atoms with Crippen molar-refractivity contribution < 1.29 is 9.47 Å². The summed E-state index contributed by atoms with van der Waals surface area (Å²) in [6.07, 6.45) is 0.979. The second kappa shape index (κ2) is 7.64. The molecule has 0 spiro atoms. The number of halogens is 1. The third-order valence-electron chi connectivity index (χ3n) is 2.52. The normalized spacial score (nSPS) is 10.8. The van der Waals surface area contributed by atoms with Crippen LogP contribution in [0.1, 0.15) is 32.8 Å². The molecule has 1 rings (SSSR count). The van der Waals surface area contributed by atoms with E-state index < -0.39 is 0 Å². The molecule has 0 saturated heterocycles. The number of nitrogens with one attached hydrogen (secondary N) is 1. The molecule has 0 aromatic heterocycles. The monoisotopic (exact) mass is 315 g/mol. The first kappa shape index (κ1) is 15.3. The Kier molecular flexibility index (Phi) is 6.50. The Labute approximate surface area is 118 Å². The van der Waals surface area contributed by atoms with Crippen molar-refractivity contribution in [3.8, 4) is 11.5 Å². The van der Waals surface area contributed by atoms with Gasteiger partial charge in [-0.15, -0.1) is 0 Å². The van der Waals surface area contributed by atoms with E-state index in [0.29, 0.717) is 12.6 Å². The van der Waals surface area contributed by atoms with Crippen LogP contribution in [0.3, 0.4) is 0 Å². The molecule has 0 amide bonds. The molecule has 1 N–H and O–H groups in total. The standard InChI is InChI=1S/C14H22BrNO2/c1-5-8-18-14-11(9-16-10(2)3)12(15)6-7-13(14)17-4/h6-7,10,16H,5,8-9H2,1-4H3. The summed E-state index contributed by atoms with van der Waals surface area (Å²) in [6.45, 7) is 7.80. The fourth-order valence-electron chi connectivity index (χ4n) is 1.58. The average Bonchev–Trinajstić information content (AvgIpc) is 2.34. The van der Waals surface area contributed by atoms with E-state index in [4.69, 9.17) is 9.47 Å². The molecule has 0 heterocycles. The van der Waals surface area contributed by atoms with Gasteiger partial charge in [0.05, 0.1) is 13.7 Å². The molecule has 102 valence electrons. The first-order valence-electron chi connectivity index (χ1n) is 6.31. The number of hydrogen-bond acceptors (Lipinski definition) is 3. The van der Waals surface area contributed by atoms with E-state index in [9.17, 15) is 0 Å². The van der Waals surface area contributed by atoms with Gasteiger partial charge in [0.2, 0.25) is 0 Å². The van der Waals surface area contributed by atoms with Crippen LogP contribution in [0.4, 0.5) is 0 Å². The molecule has 0 aliphatic carbocycles. The van der Waals surface area contributed by atoms with Gasteiger partial charge in [0.15, 0.2) is 11.5 Å². The van der Waals surface area contributed by atoms with Gasteiger partial charge < -0.3 is 14.8 Å². The summed E-state index contributed by atoms with van der Waals surface area (Å²) >= 11 is 3.58. The van der Waals surface area contributed by atoms with Crippen molar-refractivity contribution in [2.24, 2.45) is 0 Å². The van der Waals surface area contributed by atoms with Crippen molar-refractivity contribution >= 4 is 15.9 Å². The molecule has 0 fully saturated rings.